The van der Waals surface area contributed by atoms with Crippen LogP contribution in [0.15, 0.2) is 67.1 Å². The monoisotopic (exact) mass is 596 g/mol. The first kappa shape index (κ1) is 28.4. The number of rotatable bonds is 9. The van der Waals surface area contributed by atoms with Gasteiger partial charge in [0.2, 0.25) is 0 Å². The molecule has 2 atom stereocenters. The van der Waals surface area contributed by atoms with Gasteiger partial charge < -0.3 is 37.9 Å². The van der Waals surface area contributed by atoms with E-state index in [0.717, 1.165) is 12.3 Å². The molecule has 0 aliphatic carbocycles. The van der Waals surface area contributed by atoms with Crippen LogP contribution >= 0.6 is 0 Å². The lowest BCUT2D eigenvalue weighted by molar-refractivity contribution is -0.0988. The van der Waals surface area contributed by atoms with E-state index >= 15 is 0 Å². The van der Waals surface area contributed by atoms with E-state index in [-0.39, 0.29) is 28.7 Å². The molecular weight excluding hydrogens is 576 g/mol. The Morgan fingerprint density at radius 1 is 0.675 bits per heavy atom. The Morgan fingerprint density at radius 3 is 1.90 bits per heavy atom. The SMILES string of the molecule is O=S(=O)(O)O/C=C/c1ccc(OC2Oc3ccc(/C=C/OS(=O)(=O)O)cc3OC2c2ccc(O)c(O)c2)c(O)c1. The molecule has 0 spiro atoms. The number of fused-ring (bicyclic) bond motifs is 1. The van der Waals surface area contributed by atoms with E-state index in [9.17, 15) is 32.2 Å². The van der Waals surface area contributed by atoms with Crippen molar-refractivity contribution in [2.24, 2.45) is 0 Å². The Balaban J connectivity index is 1.62. The van der Waals surface area contributed by atoms with Crippen LogP contribution < -0.4 is 14.2 Å². The van der Waals surface area contributed by atoms with Crippen LogP contribution in [0.3, 0.4) is 0 Å². The summed E-state index contributed by atoms with van der Waals surface area (Å²) in [6.45, 7) is 0. The van der Waals surface area contributed by atoms with Gasteiger partial charge in [-0.25, -0.2) is 0 Å². The van der Waals surface area contributed by atoms with Crippen molar-refractivity contribution in [2.45, 2.75) is 12.4 Å². The minimum Gasteiger partial charge on any atom is -0.504 e. The fraction of sp³-hybridized carbons (Fsp3) is 0.0833. The van der Waals surface area contributed by atoms with Crippen molar-refractivity contribution in [3.05, 3.63) is 83.8 Å². The van der Waals surface area contributed by atoms with Crippen molar-refractivity contribution < 1.29 is 63.8 Å². The minimum atomic E-state index is -4.69. The molecule has 1 heterocycles. The Hall–Kier alpha value is -4.64. The van der Waals surface area contributed by atoms with Gasteiger partial charge >= 0.3 is 20.8 Å². The Bertz CT molecular complexity index is 1680. The number of hydrogen-bond donors (Lipinski definition) is 5. The second kappa shape index (κ2) is 11.2. The molecule has 16 heteroatoms. The Labute approximate surface area is 227 Å². The van der Waals surface area contributed by atoms with Crippen molar-refractivity contribution in [3.63, 3.8) is 0 Å². The molecule has 0 radical (unpaired) electrons. The molecule has 0 aromatic heterocycles. The quantitative estimate of drug-likeness (QED) is 0.136. The zero-order valence-corrected chi connectivity index (χ0v) is 21.5. The van der Waals surface area contributed by atoms with E-state index in [1.165, 1.54) is 60.7 Å². The third-order valence-corrected chi connectivity index (χ3v) is 5.85. The van der Waals surface area contributed by atoms with Gasteiger partial charge in [0.15, 0.2) is 40.6 Å². The van der Waals surface area contributed by atoms with Gasteiger partial charge in [-0.15, -0.1) is 0 Å². The zero-order valence-electron chi connectivity index (χ0n) is 19.9. The number of phenols is 3. The van der Waals surface area contributed by atoms with Crippen LogP contribution in [0.1, 0.15) is 22.8 Å². The maximum atomic E-state index is 10.7. The van der Waals surface area contributed by atoms with E-state index in [2.05, 4.69) is 8.37 Å². The predicted molar refractivity (Wildman–Crippen MR) is 136 cm³/mol. The largest absolute Gasteiger partial charge is 0.504 e. The van der Waals surface area contributed by atoms with Gasteiger partial charge in [-0.3, -0.25) is 9.11 Å². The number of benzene rings is 3. The van der Waals surface area contributed by atoms with Crippen molar-refractivity contribution in [3.8, 4) is 34.5 Å². The van der Waals surface area contributed by atoms with Crippen LogP contribution in [-0.2, 0) is 29.2 Å². The van der Waals surface area contributed by atoms with E-state index in [0.29, 0.717) is 23.0 Å². The lowest BCUT2D eigenvalue weighted by Crippen LogP contribution is -2.37. The minimum absolute atomic E-state index is 0.0696. The van der Waals surface area contributed by atoms with Crippen LogP contribution in [0.4, 0.5) is 0 Å². The predicted octanol–water partition coefficient (Wildman–Crippen LogP) is 3.30. The highest BCUT2D eigenvalue weighted by molar-refractivity contribution is 7.81. The molecule has 212 valence electrons. The lowest BCUT2D eigenvalue weighted by atomic mass is 10.1. The first-order valence-corrected chi connectivity index (χ1v) is 13.6. The smallest absolute Gasteiger partial charge is 0.445 e. The number of ether oxygens (including phenoxy) is 3. The lowest BCUT2D eigenvalue weighted by Gasteiger charge is -2.34. The van der Waals surface area contributed by atoms with E-state index in [1.807, 2.05) is 0 Å². The van der Waals surface area contributed by atoms with Gasteiger partial charge in [-0.05, 0) is 59.7 Å². The van der Waals surface area contributed by atoms with Crippen molar-refractivity contribution in [1.82, 2.24) is 0 Å². The Kier molecular flexibility index (Phi) is 7.96. The summed E-state index contributed by atoms with van der Waals surface area (Å²) in [6, 6.07) is 12.3. The number of phenolic OH excluding ortho intramolecular Hbond substituents is 3. The fourth-order valence-electron chi connectivity index (χ4n) is 3.44. The first-order chi connectivity index (χ1) is 18.8. The summed E-state index contributed by atoms with van der Waals surface area (Å²) in [7, 11) is -9.38. The molecule has 4 rings (SSSR count). The van der Waals surface area contributed by atoms with Crippen LogP contribution in [0.2, 0.25) is 0 Å². The maximum Gasteiger partial charge on any atom is 0.445 e. The topological polar surface area (TPSA) is 216 Å². The molecular formula is C24H20O14S2. The average Bonchev–Trinajstić information content (AvgIpc) is 2.85. The van der Waals surface area contributed by atoms with Gasteiger partial charge in [-0.1, -0.05) is 18.2 Å². The summed E-state index contributed by atoms with van der Waals surface area (Å²) < 4.78 is 86.2. The maximum absolute atomic E-state index is 10.7. The van der Waals surface area contributed by atoms with Crippen LogP contribution in [0, 0.1) is 0 Å². The van der Waals surface area contributed by atoms with Crippen LogP contribution in [0.5, 0.6) is 34.5 Å². The average molecular weight is 597 g/mol. The summed E-state index contributed by atoms with van der Waals surface area (Å²) in [5.41, 5.74) is 0.998. The highest BCUT2D eigenvalue weighted by Crippen LogP contribution is 2.43. The molecule has 3 aromatic carbocycles. The molecule has 0 amide bonds. The highest BCUT2D eigenvalue weighted by atomic mass is 32.3. The van der Waals surface area contributed by atoms with Gasteiger partial charge in [0.05, 0.1) is 0 Å². The first-order valence-electron chi connectivity index (χ1n) is 10.9. The zero-order chi connectivity index (χ0) is 29.1. The highest BCUT2D eigenvalue weighted by Gasteiger charge is 2.36. The van der Waals surface area contributed by atoms with E-state index in [1.54, 1.807) is 0 Å². The van der Waals surface area contributed by atoms with Crippen LogP contribution in [0.25, 0.3) is 12.2 Å². The summed E-state index contributed by atoms with van der Waals surface area (Å²) in [6.07, 6.45) is 1.51. The van der Waals surface area contributed by atoms with E-state index < -0.39 is 38.9 Å². The van der Waals surface area contributed by atoms with Gasteiger partial charge in [-0.2, -0.15) is 16.8 Å². The molecule has 0 fully saturated rings. The van der Waals surface area contributed by atoms with Crippen molar-refractivity contribution in [2.75, 3.05) is 0 Å². The molecule has 1 aliphatic rings. The molecule has 5 N–H and O–H groups in total. The molecule has 0 saturated carbocycles. The summed E-state index contributed by atoms with van der Waals surface area (Å²) in [5.74, 6) is -0.914. The molecule has 2 unspecified atom stereocenters. The molecule has 40 heavy (non-hydrogen) atoms. The number of hydrogen-bond acceptors (Lipinski definition) is 12. The fourth-order valence-corrected chi connectivity index (χ4v) is 3.83. The van der Waals surface area contributed by atoms with Crippen molar-refractivity contribution >= 4 is 33.0 Å². The van der Waals surface area contributed by atoms with Gasteiger partial charge in [0.1, 0.15) is 12.5 Å². The van der Waals surface area contributed by atoms with Gasteiger partial charge in [0.25, 0.3) is 6.29 Å². The van der Waals surface area contributed by atoms with E-state index in [4.69, 9.17) is 23.3 Å². The normalized spacial score (nSPS) is 17.1. The third-order valence-electron chi connectivity index (χ3n) is 5.14. The molecule has 3 aromatic rings. The summed E-state index contributed by atoms with van der Waals surface area (Å²) >= 11 is 0. The van der Waals surface area contributed by atoms with Crippen molar-refractivity contribution in [1.29, 1.82) is 0 Å². The standard InChI is InChI=1S/C24H20O14S2/c25-17-4-3-16(13-18(17)26)23-24(37-20-5-1-14(11-19(20)27)7-9-34-39(28,29)30)38-21-6-2-15(12-22(21)36-23)8-10-35-40(31,32)33/h1-13,23-27H,(H,28,29,30)(H,31,32,33)/b9-7+,10-8+. The Morgan fingerprint density at radius 2 is 1.30 bits per heavy atom. The molecule has 1 aliphatic heterocycles. The summed E-state index contributed by atoms with van der Waals surface area (Å²) in [4.78, 5) is 0. The second-order valence-electron chi connectivity index (χ2n) is 7.98. The number of aromatic hydroxyl groups is 3. The molecule has 14 nitrogen and oxygen atoms in total. The van der Waals surface area contributed by atoms with Gasteiger partial charge in [0, 0.05) is 5.56 Å². The molecule has 0 bridgehead atoms. The second-order valence-corrected chi connectivity index (χ2v) is 10.1. The molecule has 0 saturated heterocycles. The third kappa shape index (κ3) is 7.48. The summed E-state index contributed by atoms with van der Waals surface area (Å²) in [5, 5.41) is 30.2. The van der Waals surface area contributed by atoms with Crippen LogP contribution in [-0.4, -0.2) is 47.6 Å².